The predicted octanol–water partition coefficient (Wildman–Crippen LogP) is 2.92. The second-order valence-corrected chi connectivity index (χ2v) is 6.18. The molecule has 0 heterocycles. The van der Waals surface area contributed by atoms with Crippen molar-refractivity contribution >= 4 is 12.0 Å². The topological polar surface area (TPSA) is 49.3 Å². The Morgan fingerprint density at radius 1 is 1.35 bits per heavy atom. The van der Waals surface area contributed by atoms with E-state index in [2.05, 4.69) is 5.32 Å². The summed E-state index contributed by atoms with van der Waals surface area (Å²) in [6.07, 6.45) is 3.65. The van der Waals surface area contributed by atoms with Crippen molar-refractivity contribution < 1.29 is 9.90 Å². The number of aliphatic hydroxyl groups is 1. The minimum Gasteiger partial charge on any atom is -0.393 e. The molecule has 0 aliphatic carbocycles. The normalized spacial score (nSPS) is 13.4. The third-order valence-corrected chi connectivity index (χ3v) is 3.09. The molecule has 1 rings (SSSR count). The van der Waals surface area contributed by atoms with Crippen LogP contribution >= 0.6 is 0 Å². The molecule has 3 nitrogen and oxygen atoms in total. The minimum absolute atomic E-state index is 0.107. The Morgan fingerprint density at radius 2 is 1.95 bits per heavy atom. The Morgan fingerprint density at radius 3 is 2.50 bits per heavy atom. The zero-order valence-corrected chi connectivity index (χ0v) is 12.8. The summed E-state index contributed by atoms with van der Waals surface area (Å²) in [5, 5.41) is 12.3. The number of nitrogens with one attached hydrogen (secondary N) is 1. The molecule has 3 heteroatoms. The van der Waals surface area contributed by atoms with Gasteiger partial charge in [-0.05, 0) is 37.3 Å². The number of amides is 1. The van der Waals surface area contributed by atoms with E-state index in [4.69, 9.17) is 0 Å². The summed E-state index contributed by atoms with van der Waals surface area (Å²) in [5.41, 5.74) is 2.10. The van der Waals surface area contributed by atoms with E-state index in [1.165, 1.54) is 5.56 Å². The molecular formula is C17H25NO2. The van der Waals surface area contributed by atoms with Crippen LogP contribution in [0.15, 0.2) is 30.3 Å². The molecular weight excluding hydrogens is 250 g/mol. The molecule has 1 aromatic carbocycles. The van der Waals surface area contributed by atoms with Gasteiger partial charge in [-0.25, -0.2) is 0 Å². The van der Waals surface area contributed by atoms with E-state index in [9.17, 15) is 9.90 Å². The van der Waals surface area contributed by atoms with Crippen LogP contribution < -0.4 is 5.32 Å². The van der Waals surface area contributed by atoms with Crippen LogP contribution in [0.5, 0.6) is 0 Å². The van der Waals surface area contributed by atoms with Crippen molar-refractivity contribution in [3.05, 3.63) is 41.5 Å². The molecule has 0 saturated heterocycles. The van der Waals surface area contributed by atoms with Crippen molar-refractivity contribution in [3.8, 4) is 0 Å². The fraction of sp³-hybridized carbons (Fsp3) is 0.471. The van der Waals surface area contributed by atoms with E-state index < -0.39 is 0 Å². The third kappa shape index (κ3) is 6.53. The summed E-state index contributed by atoms with van der Waals surface area (Å²) in [6, 6.07) is 8.00. The summed E-state index contributed by atoms with van der Waals surface area (Å²) in [7, 11) is 0. The lowest BCUT2D eigenvalue weighted by Gasteiger charge is -2.26. The standard InChI is InChI=1S/C17H25NO2/c1-13-5-7-15(8-6-13)9-10-16(20)18-12-17(3,4)11-14(2)19/h5-10,14,19H,11-12H2,1-4H3,(H,18,20). The summed E-state index contributed by atoms with van der Waals surface area (Å²) in [5.74, 6) is -0.107. The average molecular weight is 275 g/mol. The lowest BCUT2D eigenvalue weighted by Crippen LogP contribution is -2.34. The molecule has 0 saturated carbocycles. The molecule has 1 atom stereocenters. The summed E-state index contributed by atoms with van der Waals surface area (Å²) >= 11 is 0. The van der Waals surface area contributed by atoms with Gasteiger partial charge in [0.05, 0.1) is 6.10 Å². The fourth-order valence-electron chi connectivity index (χ4n) is 2.11. The zero-order valence-electron chi connectivity index (χ0n) is 12.8. The van der Waals surface area contributed by atoms with Gasteiger partial charge in [0.15, 0.2) is 0 Å². The van der Waals surface area contributed by atoms with E-state index >= 15 is 0 Å². The molecule has 0 aromatic heterocycles. The molecule has 1 aromatic rings. The second-order valence-electron chi connectivity index (χ2n) is 6.18. The van der Waals surface area contributed by atoms with E-state index in [1.54, 1.807) is 19.1 Å². The highest BCUT2D eigenvalue weighted by Gasteiger charge is 2.20. The van der Waals surface area contributed by atoms with Crippen LogP contribution in [0.25, 0.3) is 6.08 Å². The first-order valence-corrected chi connectivity index (χ1v) is 6.99. The first-order valence-electron chi connectivity index (χ1n) is 6.99. The number of aryl methyl sites for hydroxylation is 1. The first kappa shape index (κ1) is 16.4. The van der Waals surface area contributed by atoms with Gasteiger partial charge in [-0.15, -0.1) is 0 Å². The van der Waals surface area contributed by atoms with Crippen LogP contribution in [-0.2, 0) is 4.79 Å². The van der Waals surface area contributed by atoms with Gasteiger partial charge in [-0.2, -0.15) is 0 Å². The molecule has 0 radical (unpaired) electrons. The maximum absolute atomic E-state index is 11.8. The van der Waals surface area contributed by atoms with E-state index in [1.807, 2.05) is 45.0 Å². The lowest BCUT2D eigenvalue weighted by atomic mass is 9.87. The Labute approximate surface area is 121 Å². The van der Waals surface area contributed by atoms with Gasteiger partial charge in [0.1, 0.15) is 0 Å². The number of carbonyl (C=O) groups is 1. The molecule has 0 aliphatic rings. The number of carbonyl (C=O) groups excluding carboxylic acids is 1. The van der Waals surface area contributed by atoms with Crippen LogP contribution in [0, 0.1) is 12.3 Å². The second kappa shape index (κ2) is 7.25. The van der Waals surface area contributed by atoms with Crippen LogP contribution in [0.3, 0.4) is 0 Å². The van der Waals surface area contributed by atoms with Gasteiger partial charge < -0.3 is 10.4 Å². The SMILES string of the molecule is Cc1ccc(C=CC(=O)NCC(C)(C)CC(C)O)cc1. The van der Waals surface area contributed by atoms with Gasteiger partial charge in [-0.3, -0.25) is 4.79 Å². The van der Waals surface area contributed by atoms with Crippen molar-refractivity contribution in [1.29, 1.82) is 0 Å². The van der Waals surface area contributed by atoms with E-state index in [0.29, 0.717) is 13.0 Å². The first-order chi connectivity index (χ1) is 9.28. The largest absolute Gasteiger partial charge is 0.393 e. The number of rotatable bonds is 6. The summed E-state index contributed by atoms with van der Waals surface area (Å²) in [4.78, 5) is 11.8. The number of benzene rings is 1. The Hall–Kier alpha value is -1.61. The van der Waals surface area contributed by atoms with Crippen molar-refractivity contribution in [1.82, 2.24) is 5.32 Å². The van der Waals surface area contributed by atoms with Crippen molar-refractivity contribution in [2.45, 2.75) is 40.2 Å². The van der Waals surface area contributed by atoms with Crippen LogP contribution in [-0.4, -0.2) is 23.7 Å². The van der Waals surface area contributed by atoms with E-state index in [-0.39, 0.29) is 17.4 Å². The van der Waals surface area contributed by atoms with Gasteiger partial charge >= 0.3 is 0 Å². The van der Waals surface area contributed by atoms with Gasteiger partial charge in [0.25, 0.3) is 0 Å². The highest BCUT2D eigenvalue weighted by Crippen LogP contribution is 2.20. The molecule has 1 unspecified atom stereocenters. The molecule has 0 aliphatic heterocycles. The van der Waals surface area contributed by atoms with Crippen molar-refractivity contribution in [2.75, 3.05) is 6.54 Å². The molecule has 110 valence electrons. The van der Waals surface area contributed by atoms with Crippen molar-refractivity contribution in [2.24, 2.45) is 5.41 Å². The van der Waals surface area contributed by atoms with Gasteiger partial charge in [0, 0.05) is 12.6 Å². The number of hydrogen-bond acceptors (Lipinski definition) is 2. The molecule has 1 amide bonds. The fourth-order valence-corrected chi connectivity index (χ4v) is 2.11. The number of hydrogen-bond donors (Lipinski definition) is 2. The Bertz CT molecular complexity index is 458. The van der Waals surface area contributed by atoms with Gasteiger partial charge in [0.2, 0.25) is 5.91 Å². The molecule has 0 spiro atoms. The lowest BCUT2D eigenvalue weighted by molar-refractivity contribution is -0.117. The van der Waals surface area contributed by atoms with Crippen LogP contribution in [0.2, 0.25) is 0 Å². The quantitative estimate of drug-likeness (QED) is 0.784. The summed E-state index contributed by atoms with van der Waals surface area (Å²) < 4.78 is 0. The van der Waals surface area contributed by atoms with Gasteiger partial charge in [-0.1, -0.05) is 43.7 Å². The third-order valence-electron chi connectivity index (χ3n) is 3.09. The maximum Gasteiger partial charge on any atom is 0.244 e. The monoisotopic (exact) mass is 275 g/mol. The van der Waals surface area contributed by atoms with Crippen LogP contribution in [0.4, 0.5) is 0 Å². The molecule has 0 fully saturated rings. The smallest absolute Gasteiger partial charge is 0.244 e. The predicted molar refractivity (Wildman–Crippen MR) is 83.3 cm³/mol. The Balaban J connectivity index is 2.45. The molecule has 0 bridgehead atoms. The molecule has 20 heavy (non-hydrogen) atoms. The summed E-state index contributed by atoms with van der Waals surface area (Å²) in [6.45, 7) is 8.41. The van der Waals surface area contributed by atoms with Crippen molar-refractivity contribution in [3.63, 3.8) is 0 Å². The maximum atomic E-state index is 11.8. The zero-order chi connectivity index (χ0) is 15.2. The highest BCUT2D eigenvalue weighted by atomic mass is 16.3. The minimum atomic E-state index is -0.356. The van der Waals surface area contributed by atoms with Crippen LogP contribution in [0.1, 0.15) is 38.3 Å². The number of aliphatic hydroxyl groups excluding tert-OH is 1. The highest BCUT2D eigenvalue weighted by molar-refractivity contribution is 5.91. The van der Waals surface area contributed by atoms with E-state index in [0.717, 1.165) is 5.56 Å². The average Bonchev–Trinajstić information content (AvgIpc) is 2.34. The molecule has 2 N–H and O–H groups in total. The Kier molecular flexibility index (Phi) is 5.96.